The van der Waals surface area contributed by atoms with Crippen molar-refractivity contribution < 1.29 is 35.9 Å². The van der Waals surface area contributed by atoms with Gasteiger partial charge in [0.1, 0.15) is 6.04 Å². The summed E-state index contributed by atoms with van der Waals surface area (Å²) in [7, 11) is 0. The first-order valence-electron chi connectivity index (χ1n) is 7.74. The SMILES string of the molecule is CC(C)(NC(=O)C1COCCN1)c1cc(C(F)(F)F)cc(C(F)(F)F)c1. The molecule has 1 aromatic carbocycles. The topological polar surface area (TPSA) is 50.4 Å². The van der Waals surface area contributed by atoms with Gasteiger partial charge in [-0.2, -0.15) is 26.3 Å². The van der Waals surface area contributed by atoms with Crippen molar-refractivity contribution in [1.82, 2.24) is 10.6 Å². The van der Waals surface area contributed by atoms with Crippen LogP contribution in [0.1, 0.15) is 30.5 Å². The van der Waals surface area contributed by atoms with E-state index in [2.05, 4.69) is 10.6 Å². The van der Waals surface area contributed by atoms with E-state index in [0.29, 0.717) is 25.3 Å². The third-order valence-electron chi connectivity index (χ3n) is 3.98. The number of nitrogens with one attached hydrogen (secondary N) is 2. The Morgan fingerprint density at radius 3 is 1.96 bits per heavy atom. The van der Waals surface area contributed by atoms with Crippen molar-refractivity contribution in [2.24, 2.45) is 0 Å². The van der Waals surface area contributed by atoms with Crippen LogP contribution >= 0.6 is 0 Å². The van der Waals surface area contributed by atoms with Gasteiger partial charge in [0.15, 0.2) is 0 Å². The van der Waals surface area contributed by atoms with Gasteiger partial charge in [-0.3, -0.25) is 4.79 Å². The largest absolute Gasteiger partial charge is 0.416 e. The molecule has 0 aliphatic carbocycles. The van der Waals surface area contributed by atoms with Crippen molar-refractivity contribution in [2.45, 2.75) is 37.8 Å². The lowest BCUT2D eigenvalue weighted by atomic mass is 9.90. The van der Waals surface area contributed by atoms with Gasteiger partial charge >= 0.3 is 12.4 Å². The second-order valence-corrected chi connectivity index (χ2v) is 6.49. The number of alkyl halides is 6. The van der Waals surface area contributed by atoms with Crippen LogP contribution in [0.5, 0.6) is 0 Å². The Kier molecular flexibility index (Phi) is 5.57. The monoisotopic (exact) mass is 384 g/mol. The first-order valence-corrected chi connectivity index (χ1v) is 7.74. The minimum absolute atomic E-state index is 0.0535. The van der Waals surface area contributed by atoms with Crippen LogP contribution in [0.4, 0.5) is 26.3 Å². The Bertz CT molecular complexity index is 631. The van der Waals surface area contributed by atoms with Crippen LogP contribution in [0.2, 0.25) is 0 Å². The number of rotatable bonds is 3. The van der Waals surface area contributed by atoms with E-state index in [4.69, 9.17) is 4.74 Å². The molecule has 1 amide bonds. The number of ether oxygens (including phenoxy) is 1. The van der Waals surface area contributed by atoms with Gasteiger partial charge in [-0.15, -0.1) is 0 Å². The van der Waals surface area contributed by atoms with Gasteiger partial charge in [0, 0.05) is 6.54 Å². The first-order chi connectivity index (χ1) is 11.8. The molecule has 0 radical (unpaired) electrons. The highest BCUT2D eigenvalue weighted by atomic mass is 19.4. The van der Waals surface area contributed by atoms with Gasteiger partial charge in [-0.05, 0) is 37.6 Å². The smallest absolute Gasteiger partial charge is 0.378 e. The Labute approximate surface area is 145 Å². The van der Waals surface area contributed by atoms with Gasteiger partial charge in [-0.1, -0.05) is 0 Å². The summed E-state index contributed by atoms with van der Waals surface area (Å²) in [6, 6.07) is 0.550. The third kappa shape index (κ3) is 4.88. The number of amides is 1. The van der Waals surface area contributed by atoms with Gasteiger partial charge in [0.25, 0.3) is 0 Å². The molecule has 1 fully saturated rings. The molecule has 2 N–H and O–H groups in total. The van der Waals surface area contributed by atoms with E-state index in [1.165, 1.54) is 13.8 Å². The second-order valence-electron chi connectivity index (χ2n) is 6.49. The molecular formula is C16H18F6N2O2. The van der Waals surface area contributed by atoms with Crippen molar-refractivity contribution in [3.05, 3.63) is 34.9 Å². The number of halogens is 6. The molecule has 26 heavy (non-hydrogen) atoms. The summed E-state index contributed by atoms with van der Waals surface area (Å²) in [5.74, 6) is -0.569. The Balaban J connectivity index is 2.36. The molecule has 146 valence electrons. The standard InChI is InChI=1S/C16H18F6N2O2/c1-14(2,24-13(25)12-8-26-4-3-23-12)9-5-10(15(17,18)19)7-11(6-9)16(20,21)22/h5-7,12,23H,3-4,8H2,1-2H3,(H,24,25). The second kappa shape index (κ2) is 7.07. The van der Waals surface area contributed by atoms with Crippen molar-refractivity contribution in [1.29, 1.82) is 0 Å². The zero-order valence-electron chi connectivity index (χ0n) is 14.0. The maximum Gasteiger partial charge on any atom is 0.416 e. The average molecular weight is 384 g/mol. The lowest BCUT2D eigenvalue weighted by Gasteiger charge is -2.32. The molecule has 2 rings (SSSR count). The van der Waals surface area contributed by atoms with Gasteiger partial charge in [-0.25, -0.2) is 0 Å². The van der Waals surface area contributed by atoms with Crippen LogP contribution in [0, 0.1) is 0 Å². The zero-order valence-corrected chi connectivity index (χ0v) is 14.0. The Morgan fingerprint density at radius 2 is 1.54 bits per heavy atom. The molecule has 1 unspecified atom stereocenters. The molecule has 1 aliphatic heterocycles. The minimum atomic E-state index is -4.95. The van der Waals surface area contributed by atoms with Crippen LogP contribution in [-0.4, -0.2) is 31.7 Å². The quantitative estimate of drug-likeness (QED) is 0.788. The molecule has 10 heteroatoms. The van der Waals surface area contributed by atoms with Gasteiger partial charge in [0.2, 0.25) is 5.91 Å². The number of carbonyl (C=O) groups excluding carboxylic acids is 1. The van der Waals surface area contributed by atoms with E-state index < -0.39 is 41.0 Å². The van der Waals surface area contributed by atoms with Crippen LogP contribution < -0.4 is 10.6 Å². The molecule has 1 aliphatic rings. The van der Waals surface area contributed by atoms with E-state index in [-0.39, 0.29) is 18.2 Å². The fourth-order valence-electron chi connectivity index (χ4n) is 2.52. The van der Waals surface area contributed by atoms with E-state index >= 15 is 0 Å². The molecule has 0 bridgehead atoms. The average Bonchev–Trinajstić information content (AvgIpc) is 2.53. The summed E-state index contributed by atoms with van der Waals surface area (Å²) in [5.41, 5.74) is -4.62. The molecule has 4 nitrogen and oxygen atoms in total. The number of morpholine rings is 1. The molecule has 1 aromatic rings. The fraction of sp³-hybridized carbons (Fsp3) is 0.562. The summed E-state index contributed by atoms with van der Waals surface area (Å²) in [6.45, 7) is 3.57. The molecule has 0 saturated carbocycles. The molecular weight excluding hydrogens is 366 g/mol. The Morgan fingerprint density at radius 1 is 1.04 bits per heavy atom. The molecule has 1 heterocycles. The summed E-state index contributed by atoms with van der Waals surface area (Å²) in [4.78, 5) is 12.3. The molecule has 0 aromatic heterocycles. The first kappa shape index (κ1) is 20.5. The lowest BCUT2D eigenvalue weighted by Crippen LogP contribution is -2.55. The maximum atomic E-state index is 13.0. The number of carbonyl (C=O) groups is 1. The van der Waals surface area contributed by atoms with E-state index in [0.717, 1.165) is 0 Å². The zero-order chi connectivity index (χ0) is 19.8. The third-order valence-corrected chi connectivity index (χ3v) is 3.98. The van der Waals surface area contributed by atoms with Crippen molar-refractivity contribution >= 4 is 5.91 Å². The van der Waals surface area contributed by atoms with Crippen molar-refractivity contribution in [3.8, 4) is 0 Å². The number of hydrogen-bond acceptors (Lipinski definition) is 3. The summed E-state index contributed by atoms with van der Waals surface area (Å²) >= 11 is 0. The summed E-state index contributed by atoms with van der Waals surface area (Å²) in [6.07, 6.45) is -9.90. The Hall–Kier alpha value is -1.81. The predicted molar refractivity (Wildman–Crippen MR) is 80.2 cm³/mol. The van der Waals surface area contributed by atoms with E-state index in [9.17, 15) is 31.1 Å². The summed E-state index contributed by atoms with van der Waals surface area (Å²) < 4.78 is 83.1. The molecule has 0 spiro atoms. The van der Waals surface area contributed by atoms with E-state index in [1.54, 1.807) is 0 Å². The fourth-order valence-corrected chi connectivity index (χ4v) is 2.52. The number of benzene rings is 1. The predicted octanol–water partition coefficient (Wildman–Crippen LogP) is 3.06. The summed E-state index contributed by atoms with van der Waals surface area (Å²) in [5, 5.41) is 5.35. The van der Waals surface area contributed by atoms with E-state index in [1.807, 2.05) is 0 Å². The van der Waals surface area contributed by atoms with Crippen LogP contribution in [-0.2, 0) is 27.4 Å². The number of hydrogen-bond donors (Lipinski definition) is 2. The highest BCUT2D eigenvalue weighted by Gasteiger charge is 2.39. The van der Waals surface area contributed by atoms with Crippen molar-refractivity contribution in [3.63, 3.8) is 0 Å². The van der Waals surface area contributed by atoms with Crippen LogP contribution in [0.25, 0.3) is 0 Å². The molecule has 1 atom stereocenters. The van der Waals surface area contributed by atoms with Crippen LogP contribution in [0.3, 0.4) is 0 Å². The maximum absolute atomic E-state index is 13.0. The van der Waals surface area contributed by atoms with Gasteiger partial charge < -0.3 is 15.4 Å². The lowest BCUT2D eigenvalue weighted by molar-refractivity contribution is -0.143. The molecule has 1 saturated heterocycles. The highest BCUT2D eigenvalue weighted by molar-refractivity contribution is 5.82. The normalized spacial score (nSPS) is 19.3. The highest BCUT2D eigenvalue weighted by Crippen LogP contribution is 2.38. The van der Waals surface area contributed by atoms with Crippen molar-refractivity contribution in [2.75, 3.05) is 19.8 Å². The van der Waals surface area contributed by atoms with Crippen LogP contribution in [0.15, 0.2) is 18.2 Å². The van der Waals surface area contributed by atoms with Gasteiger partial charge in [0.05, 0.1) is 29.9 Å². The minimum Gasteiger partial charge on any atom is -0.378 e.